The van der Waals surface area contributed by atoms with Crippen molar-refractivity contribution >= 4 is 28.9 Å². The van der Waals surface area contributed by atoms with E-state index in [-0.39, 0.29) is 30.3 Å². The number of esters is 1. The molecular weight excluding hydrogens is 436 g/mol. The van der Waals surface area contributed by atoms with Crippen molar-refractivity contribution in [2.45, 2.75) is 32.6 Å². The largest absolute Gasteiger partial charge is 0.452 e. The van der Waals surface area contributed by atoms with Gasteiger partial charge >= 0.3 is 18.3 Å². The Bertz CT molecular complexity index is 1100. The Morgan fingerprint density at radius 3 is 2.74 bits per heavy atom. The van der Waals surface area contributed by atoms with Gasteiger partial charge in [0.2, 0.25) is 0 Å². The third-order valence-electron chi connectivity index (χ3n) is 3.90. The highest BCUT2D eigenvalue weighted by Gasteiger charge is 2.20. The Kier molecular flexibility index (Phi) is 7.13. The lowest BCUT2D eigenvalue weighted by atomic mass is 10.2. The number of hydrogen-bond acceptors (Lipinski definition) is 8. The summed E-state index contributed by atoms with van der Waals surface area (Å²) in [5.41, 5.74) is 0.00551. The second-order valence-corrected chi connectivity index (χ2v) is 7.07. The molecule has 3 aromatic rings. The molecule has 0 bridgehead atoms. The smallest absolute Gasteiger partial charge is 0.437 e. The zero-order valence-electron chi connectivity index (χ0n) is 16.1. The predicted octanol–water partition coefficient (Wildman–Crippen LogP) is 3.13. The highest BCUT2D eigenvalue weighted by Crippen LogP contribution is 2.25. The van der Waals surface area contributed by atoms with E-state index >= 15 is 0 Å². The first-order valence-electron chi connectivity index (χ1n) is 8.99. The van der Waals surface area contributed by atoms with E-state index < -0.39 is 30.3 Å². The normalized spacial score (nSPS) is 11.9. The van der Waals surface area contributed by atoms with Crippen molar-refractivity contribution in [2.24, 2.45) is 0 Å². The number of alkyl halides is 2. The van der Waals surface area contributed by atoms with Gasteiger partial charge in [-0.05, 0) is 30.5 Å². The van der Waals surface area contributed by atoms with Gasteiger partial charge < -0.3 is 19.2 Å². The summed E-state index contributed by atoms with van der Waals surface area (Å²) in [7, 11) is 0. The minimum Gasteiger partial charge on any atom is -0.452 e. The van der Waals surface area contributed by atoms with Gasteiger partial charge in [-0.25, -0.2) is 4.79 Å². The van der Waals surface area contributed by atoms with Gasteiger partial charge in [0.05, 0.1) is 23.5 Å². The fourth-order valence-electron chi connectivity index (χ4n) is 2.46. The van der Waals surface area contributed by atoms with E-state index in [9.17, 15) is 23.2 Å². The highest BCUT2D eigenvalue weighted by atomic mass is 32.1. The fourth-order valence-corrected chi connectivity index (χ4v) is 3.10. The van der Waals surface area contributed by atoms with E-state index in [4.69, 9.17) is 9.15 Å². The Morgan fingerprint density at radius 2 is 2.03 bits per heavy atom. The number of amides is 1. The van der Waals surface area contributed by atoms with Crippen LogP contribution in [0.25, 0.3) is 10.8 Å². The molecule has 0 fully saturated rings. The molecule has 2 aromatic heterocycles. The van der Waals surface area contributed by atoms with Crippen molar-refractivity contribution in [2.75, 3.05) is 5.32 Å². The van der Waals surface area contributed by atoms with Crippen LogP contribution in [0.5, 0.6) is 5.75 Å². The second-order valence-electron chi connectivity index (χ2n) is 6.12. The lowest BCUT2D eigenvalue weighted by molar-refractivity contribution is -0.153. The number of carbonyl (C=O) groups excluding carboxylic acids is 2. The maximum atomic E-state index is 12.5. The number of rotatable bonds is 9. The minimum absolute atomic E-state index is 0.00551. The van der Waals surface area contributed by atoms with Gasteiger partial charge in [-0.3, -0.25) is 9.59 Å². The molecule has 1 atom stereocenters. The molecule has 2 heterocycles. The molecule has 1 aromatic carbocycles. The van der Waals surface area contributed by atoms with Gasteiger partial charge in [0.25, 0.3) is 11.8 Å². The van der Waals surface area contributed by atoms with Crippen LogP contribution in [0.15, 0.2) is 51.0 Å². The van der Waals surface area contributed by atoms with Crippen LogP contribution in [0.2, 0.25) is 0 Å². The van der Waals surface area contributed by atoms with E-state index in [1.807, 2.05) is 0 Å². The third kappa shape index (κ3) is 5.98. The lowest BCUT2D eigenvalue weighted by Gasteiger charge is -2.15. The molecule has 1 unspecified atom stereocenters. The van der Waals surface area contributed by atoms with Crippen LogP contribution >= 0.6 is 11.3 Å². The predicted molar refractivity (Wildman–Crippen MR) is 106 cm³/mol. The molecule has 0 aliphatic rings. The number of hydrogen-bond donors (Lipinski definition) is 1. The number of anilines is 1. The molecule has 0 radical (unpaired) electrons. The van der Waals surface area contributed by atoms with Crippen LogP contribution < -0.4 is 15.8 Å². The van der Waals surface area contributed by atoms with Crippen molar-refractivity contribution in [3.8, 4) is 16.5 Å². The molecule has 0 aliphatic carbocycles. The highest BCUT2D eigenvalue weighted by molar-refractivity contribution is 7.13. The Balaban J connectivity index is 1.53. The fraction of sp³-hybridized carbons (Fsp3) is 0.263. The number of aryl methyl sites for hydroxylation is 1. The molecule has 0 spiro atoms. The molecule has 3 rings (SSSR count). The number of thiophene rings is 1. The van der Waals surface area contributed by atoms with Gasteiger partial charge in [-0.1, -0.05) is 18.2 Å². The minimum atomic E-state index is -3.06. The maximum absolute atomic E-state index is 12.5. The maximum Gasteiger partial charge on any atom is 0.437 e. The summed E-state index contributed by atoms with van der Waals surface area (Å²) in [5, 5.41) is 8.18. The SMILES string of the molecule is CC(OC(=O)CCn1nc(-c2cccs2)oc1=O)C(=O)Nc1ccccc1OC(F)F. The van der Waals surface area contributed by atoms with Crippen LogP contribution in [0.1, 0.15) is 13.3 Å². The summed E-state index contributed by atoms with van der Waals surface area (Å²) in [6, 6.07) is 9.13. The van der Waals surface area contributed by atoms with Crippen LogP contribution in [0.3, 0.4) is 0 Å². The summed E-state index contributed by atoms with van der Waals surface area (Å²) in [5.74, 6) is -2.30. The third-order valence-corrected chi connectivity index (χ3v) is 4.76. The number of para-hydroxylation sites is 2. The molecule has 9 nitrogen and oxygen atoms in total. The van der Waals surface area contributed by atoms with Crippen molar-refractivity contribution in [3.05, 3.63) is 52.3 Å². The van der Waals surface area contributed by atoms with Crippen LogP contribution in [0, 0.1) is 0 Å². The summed E-state index contributed by atoms with van der Waals surface area (Å²) in [4.78, 5) is 36.8. The zero-order chi connectivity index (χ0) is 22.4. The topological polar surface area (TPSA) is 113 Å². The quantitative estimate of drug-likeness (QED) is 0.495. The molecule has 0 saturated carbocycles. The average molecular weight is 453 g/mol. The second kappa shape index (κ2) is 9.98. The Hall–Kier alpha value is -3.54. The van der Waals surface area contributed by atoms with Gasteiger partial charge in [0, 0.05) is 0 Å². The first kappa shape index (κ1) is 22.2. The number of nitrogens with zero attached hydrogens (tertiary/aromatic N) is 2. The molecule has 0 saturated heterocycles. The van der Waals surface area contributed by atoms with Crippen LogP contribution in [0.4, 0.5) is 14.5 Å². The summed E-state index contributed by atoms with van der Waals surface area (Å²) >= 11 is 1.34. The van der Waals surface area contributed by atoms with Crippen molar-refractivity contribution in [1.29, 1.82) is 0 Å². The standard InChI is InChI=1S/C19H17F2N3O6S/c1-11(16(26)22-12-5-2-3-6-13(12)29-18(20)21)28-15(25)8-9-24-19(27)30-17(23-24)14-7-4-10-31-14/h2-7,10-11,18H,8-9H2,1H3,(H,22,26). The van der Waals surface area contributed by atoms with Crippen LogP contribution in [-0.4, -0.2) is 34.4 Å². The molecule has 0 aliphatic heterocycles. The van der Waals surface area contributed by atoms with Gasteiger partial charge in [0.15, 0.2) is 6.10 Å². The van der Waals surface area contributed by atoms with E-state index in [1.165, 1.54) is 42.5 Å². The van der Waals surface area contributed by atoms with E-state index in [2.05, 4.69) is 15.2 Å². The van der Waals surface area contributed by atoms with Gasteiger partial charge in [0.1, 0.15) is 5.75 Å². The number of aromatic nitrogens is 2. The number of benzene rings is 1. The van der Waals surface area contributed by atoms with Crippen molar-refractivity contribution < 1.29 is 32.3 Å². The summed E-state index contributed by atoms with van der Waals surface area (Å²) in [6.45, 7) is -1.85. The number of halogens is 2. The zero-order valence-corrected chi connectivity index (χ0v) is 16.9. The van der Waals surface area contributed by atoms with Gasteiger partial charge in [-0.15, -0.1) is 16.4 Å². The van der Waals surface area contributed by atoms with Crippen molar-refractivity contribution in [1.82, 2.24) is 9.78 Å². The van der Waals surface area contributed by atoms with E-state index in [0.29, 0.717) is 4.88 Å². The molecule has 1 amide bonds. The monoisotopic (exact) mass is 453 g/mol. The number of ether oxygens (including phenoxy) is 2. The first-order valence-corrected chi connectivity index (χ1v) is 9.87. The molecule has 12 heteroatoms. The number of carbonyl (C=O) groups is 2. The summed E-state index contributed by atoms with van der Waals surface area (Å²) < 4.78 is 40.3. The Morgan fingerprint density at radius 1 is 1.26 bits per heavy atom. The average Bonchev–Trinajstić information content (AvgIpc) is 3.37. The van der Waals surface area contributed by atoms with E-state index in [1.54, 1.807) is 17.5 Å². The Labute approximate surface area is 178 Å². The molecular formula is C19H17F2N3O6S. The molecule has 164 valence electrons. The van der Waals surface area contributed by atoms with Crippen LogP contribution in [-0.2, 0) is 20.9 Å². The summed E-state index contributed by atoms with van der Waals surface area (Å²) in [6.07, 6.45) is -1.46. The number of nitrogens with one attached hydrogen (secondary N) is 1. The first-order chi connectivity index (χ1) is 14.8. The van der Waals surface area contributed by atoms with Crippen molar-refractivity contribution in [3.63, 3.8) is 0 Å². The van der Waals surface area contributed by atoms with E-state index in [0.717, 1.165) is 4.68 Å². The lowest BCUT2D eigenvalue weighted by Crippen LogP contribution is -2.30. The van der Waals surface area contributed by atoms with Gasteiger partial charge in [-0.2, -0.15) is 13.5 Å². The molecule has 31 heavy (non-hydrogen) atoms. The molecule has 1 N–H and O–H groups in total.